The summed E-state index contributed by atoms with van der Waals surface area (Å²) >= 11 is 0. The molecule has 0 saturated carbocycles. The largest absolute Gasteiger partial charge is 0.493 e. The standard InChI is InChI=1S/C24H27FN2O4.C7H7NO2/c1-16(28)18-4-7-21(23(14-18)29-2)30-13-3-10-27-11-8-17(9-12-27)24-20-6-5-19(25)15-22(20)31-26-24;8-6-3-1-5(2-4-6)7(9)10/h4-7,14-15,17H,3,8-13H2,1-2H3;1-4H,8H2,(H,9,10). The zero-order valence-electron chi connectivity index (χ0n) is 23.1. The molecule has 0 unspecified atom stereocenters. The van der Waals surface area contributed by atoms with Crippen LogP contribution in [0.15, 0.2) is 65.2 Å². The number of likely N-dealkylation sites (tertiary alicyclic amines) is 1. The van der Waals surface area contributed by atoms with Gasteiger partial charge in [-0.25, -0.2) is 9.18 Å². The maximum atomic E-state index is 13.4. The van der Waals surface area contributed by atoms with Crippen molar-refractivity contribution in [3.05, 3.63) is 83.3 Å². The van der Waals surface area contributed by atoms with Crippen molar-refractivity contribution >= 4 is 28.4 Å². The number of aromatic carboxylic acids is 1. The van der Waals surface area contributed by atoms with E-state index in [1.165, 1.54) is 31.2 Å². The Morgan fingerprint density at radius 1 is 1.05 bits per heavy atom. The van der Waals surface area contributed by atoms with Crippen molar-refractivity contribution in [2.75, 3.05) is 39.1 Å². The number of carboxylic acids is 1. The van der Waals surface area contributed by atoms with Crippen molar-refractivity contribution in [3.63, 3.8) is 0 Å². The number of nitrogens with two attached hydrogens (primary N) is 1. The Morgan fingerprint density at radius 2 is 1.76 bits per heavy atom. The first-order valence-corrected chi connectivity index (χ1v) is 13.4. The molecule has 216 valence electrons. The predicted molar refractivity (Wildman–Crippen MR) is 153 cm³/mol. The van der Waals surface area contributed by atoms with E-state index >= 15 is 0 Å². The normalized spacial score (nSPS) is 13.8. The average Bonchev–Trinajstić information content (AvgIpc) is 3.39. The third kappa shape index (κ3) is 7.82. The number of methoxy groups -OCH3 is 1. The lowest BCUT2D eigenvalue weighted by Gasteiger charge is -2.31. The molecule has 1 aliphatic rings. The molecule has 1 fully saturated rings. The number of hydrogen-bond acceptors (Lipinski definition) is 8. The van der Waals surface area contributed by atoms with E-state index in [1.807, 2.05) is 0 Å². The van der Waals surface area contributed by atoms with Gasteiger partial charge < -0.3 is 29.7 Å². The summed E-state index contributed by atoms with van der Waals surface area (Å²) in [5.41, 5.74) is 8.23. The summed E-state index contributed by atoms with van der Waals surface area (Å²) in [6, 6.07) is 15.9. The minimum atomic E-state index is -0.931. The van der Waals surface area contributed by atoms with Gasteiger partial charge in [-0.2, -0.15) is 0 Å². The third-order valence-corrected chi connectivity index (χ3v) is 7.04. The van der Waals surface area contributed by atoms with E-state index in [1.54, 1.807) is 43.5 Å². The topological polar surface area (TPSA) is 128 Å². The molecule has 1 aliphatic heterocycles. The molecule has 1 saturated heterocycles. The first-order chi connectivity index (χ1) is 19.7. The van der Waals surface area contributed by atoms with Gasteiger partial charge in [0.25, 0.3) is 0 Å². The Balaban J connectivity index is 0.000000328. The summed E-state index contributed by atoms with van der Waals surface area (Å²) < 4.78 is 29.9. The maximum Gasteiger partial charge on any atom is 0.335 e. The number of ether oxygens (including phenoxy) is 2. The number of Topliss-reactive ketones (excluding diaryl/α,β-unsaturated/α-hetero) is 1. The summed E-state index contributed by atoms with van der Waals surface area (Å²) in [5.74, 6) is 0.329. The Morgan fingerprint density at radius 3 is 2.41 bits per heavy atom. The fourth-order valence-electron chi connectivity index (χ4n) is 4.76. The highest BCUT2D eigenvalue weighted by Crippen LogP contribution is 2.33. The summed E-state index contributed by atoms with van der Waals surface area (Å²) in [5, 5.41) is 13.6. The Kier molecular flexibility index (Phi) is 9.91. The lowest BCUT2D eigenvalue weighted by atomic mass is 9.91. The van der Waals surface area contributed by atoms with E-state index in [0.29, 0.717) is 40.9 Å². The van der Waals surface area contributed by atoms with Gasteiger partial charge in [0, 0.05) is 35.2 Å². The van der Waals surface area contributed by atoms with Crippen LogP contribution in [0.1, 0.15) is 58.5 Å². The van der Waals surface area contributed by atoms with Crippen LogP contribution in [0.2, 0.25) is 0 Å². The summed E-state index contributed by atoms with van der Waals surface area (Å²) in [4.78, 5) is 24.2. The molecule has 0 aliphatic carbocycles. The molecule has 0 spiro atoms. The van der Waals surface area contributed by atoms with Crippen LogP contribution < -0.4 is 15.2 Å². The van der Waals surface area contributed by atoms with Gasteiger partial charge >= 0.3 is 5.97 Å². The number of piperidine rings is 1. The second-order valence-corrected chi connectivity index (χ2v) is 9.88. The van der Waals surface area contributed by atoms with Crippen molar-refractivity contribution in [1.82, 2.24) is 10.1 Å². The molecule has 3 aromatic carbocycles. The Bertz CT molecular complexity index is 1480. The van der Waals surface area contributed by atoms with Crippen LogP contribution in [0.5, 0.6) is 11.5 Å². The highest BCUT2D eigenvalue weighted by Gasteiger charge is 2.25. The van der Waals surface area contributed by atoms with Crippen LogP contribution in [-0.4, -0.2) is 60.3 Å². The lowest BCUT2D eigenvalue weighted by molar-refractivity contribution is 0.0696. The Hall–Kier alpha value is -4.44. The molecule has 0 bridgehead atoms. The number of fused-ring (bicyclic) bond motifs is 1. The van der Waals surface area contributed by atoms with E-state index in [2.05, 4.69) is 10.1 Å². The van der Waals surface area contributed by atoms with Gasteiger partial charge in [0.2, 0.25) is 0 Å². The Labute approximate surface area is 237 Å². The monoisotopic (exact) mass is 563 g/mol. The van der Waals surface area contributed by atoms with Gasteiger partial charge in [0.1, 0.15) is 5.82 Å². The highest BCUT2D eigenvalue weighted by atomic mass is 19.1. The van der Waals surface area contributed by atoms with E-state index in [-0.39, 0.29) is 17.2 Å². The second-order valence-electron chi connectivity index (χ2n) is 9.88. The fourth-order valence-corrected chi connectivity index (χ4v) is 4.76. The quantitative estimate of drug-likeness (QED) is 0.148. The van der Waals surface area contributed by atoms with Crippen molar-refractivity contribution in [3.8, 4) is 11.5 Å². The molecular formula is C31H34FN3O6. The molecule has 0 radical (unpaired) electrons. The number of aromatic nitrogens is 1. The molecule has 0 atom stereocenters. The van der Waals surface area contributed by atoms with Crippen LogP contribution in [0.25, 0.3) is 11.0 Å². The maximum absolute atomic E-state index is 13.4. The summed E-state index contributed by atoms with van der Waals surface area (Å²) in [6.45, 7) is 5.03. The highest BCUT2D eigenvalue weighted by molar-refractivity contribution is 5.94. The molecular weight excluding hydrogens is 529 g/mol. The molecule has 2 heterocycles. The van der Waals surface area contributed by atoms with E-state index in [0.717, 1.165) is 50.0 Å². The first-order valence-electron chi connectivity index (χ1n) is 13.4. The van der Waals surface area contributed by atoms with Gasteiger partial charge in [0.05, 0.1) is 25.0 Å². The van der Waals surface area contributed by atoms with Gasteiger partial charge in [-0.15, -0.1) is 0 Å². The van der Waals surface area contributed by atoms with Crippen molar-refractivity contribution < 1.29 is 33.1 Å². The number of carboxylic acid groups (broad SMARTS) is 1. The SMILES string of the molecule is COc1cc(C(C)=O)ccc1OCCCN1CCC(c2noc3cc(F)ccc23)CC1.Nc1ccc(C(=O)O)cc1. The molecule has 9 nitrogen and oxygen atoms in total. The first kappa shape index (κ1) is 29.5. The van der Waals surface area contributed by atoms with Gasteiger partial charge in [-0.05, 0) is 93.9 Å². The van der Waals surface area contributed by atoms with Crippen molar-refractivity contribution in [2.45, 2.75) is 32.1 Å². The number of carbonyl (C=O) groups excluding carboxylic acids is 1. The minimum absolute atomic E-state index is 0.000894. The van der Waals surface area contributed by atoms with Gasteiger partial charge in [-0.1, -0.05) is 5.16 Å². The van der Waals surface area contributed by atoms with E-state index in [9.17, 15) is 14.0 Å². The van der Waals surface area contributed by atoms with Gasteiger partial charge in [0.15, 0.2) is 22.9 Å². The summed E-state index contributed by atoms with van der Waals surface area (Å²) in [7, 11) is 1.57. The van der Waals surface area contributed by atoms with E-state index < -0.39 is 5.97 Å². The molecule has 4 aromatic rings. The number of rotatable bonds is 9. The number of carbonyl (C=O) groups is 2. The van der Waals surface area contributed by atoms with Crippen LogP contribution in [0.4, 0.5) is 10.1 Å². The average molecular weight is 564 g/mol. The fraction of sp³-hybridized carbons (Fsp3) is 0.323. The van der Waals surface area contributed by atoms with Crippen LogP contribution in [-0.2, 0) is 0 Å². The van der Waals surface area contributed by atoms with Crippen LogP contribution in [0.3, 0.4) is 0 Å². The number of halogens is 1. The molecule has 5 rings (SSSR count). The summed E-state index contributed by atoms with van der Waals surface area (Å²) in [6.07, 6.45) is 2.90. The molecule has 1 aromatic heterocycles. The number of anilines is 1. The third-order valence-electron chi connectivity index (χ3n) is 7.04. The predicted octanol–water partition coefficient (Wildman–Crippen LogP) is 5.79. The number of nitrogens with zero attached hydrogens (tertiary/aromatic N) is 2. The lowest BCUT2D eigenvalue weighted by Crippen LogP contribution is -2.34. The smallest absolute Gasteiger partial charge is 0.335 e. The number of nitrogen functional groups attached to an aromatic ring is 1. The second kappa shape index (κ2) is 13.8. The molecule has 3 N–H and O–H groups in total. The van der Waals surface area contributed by atoms with E-state index in [4.69, 9.17) is 24.8 Å². The van der Waals surface area contributed by atoms with Crippen LogP contribution in [0, 0.1) is 5.82 Å². The number of ketones is 1. The van der Waals surface area contributed by atoms with Crippen molar-refractivity contribution in [2.24, 2.45) is 0 Å². The minimum Gasteiger partial charge on any atom is -0.493 e. The number of benzene rings is 3. The molecule has 0 amide bonds. The number of hydrogen-bond donors (Lipinski definition) is 2. The zero-order chi connectivity index (χ0) is 29.4. The van der Waals surface area contributed by atoms with Gasteiger partial charge in [-0.3, -0.25) is 4.79 Å². The molecule has 10 heteroatoms. The van der Waals surface area contributed by atoms with Crippen LogP contribution >= 0.6 is 0 Å². The zero-order valence-corrected chi connectivity index (χ0v) is 23.1. The molecule has 41 heavy (non-hydrogen) atoms. The van der Waals surface area contributed by atoms with Crippen molar-refractivity contribution in [1.29, 1.82) is 0 Å².